The van der Waals surface area contributed by atoms with E-state index < -0.39 is 29.2 Å². The standard InChI is InChI=1S/C32H32ClFN6O5S/c1-32(2,30(42)43)18-4-7-20(8-5-18)40-16-21-15-38(11-12-39(21)31(40)44)17-24-25(29(41)45-3)26(22-9-6-19(34)14-23(22)33)37-27(36-24)28-35-10-13-46-28/h4-10,13-14,21,26H,11-12,15-17H2,1-3H3,(H,36,37)(H,42,43). The van der Waals surface area contributed by atoms with Crippen molar-refractivity contribution in [3.05, 3.63) is 92.3 Å². The van der Waals surface area contributed by atoms with E-state index >= 15 is 0 Å². The number of fused-ring (bicyclic) bond motifs is 1. The quantitative estimate of drug-likeness (QED) is 0.338. The lowest BCUT2D eigenvalue weighted by Crippen LogP contribution is -2.53. The van der Waals surface area contributed by atoms with Crippen LogP contribution in [0.25, 0.3) is 0 Å². The summed E-state index contributed by atoms with van der Waals surface area (Å²) < 4.78 is 19.2. The molecule has 0 bridgehead atoms. The van der Waals surface area contributed by atoms with E-state index in [0.717, 1.165) is 0 Å². The number of carboxylic acids is 1. The molecule has 2 saturated heterocycles. The molecule has 2 fully saturated rings. The van der Waals surface area contributed by atoms with E-state index in [0.29, 0.717) is 66.1 Å². The SMILES string of the molecule is COC(=O)C1=C(CN2CCN3C(=O)N(c4ccc(C(C)(C)C(=O)O)cc4)CC3C2)NC(c2nccs2)=NC1c1ccc(F)cc1Cl. The minimum absolute atomic E-state index is 0.107. The van der Waals surface area contributed by atoms with Gasteiger partial charge < -0.3 is 20.1 Å². The van der Waals surface area contributed by atoms with Crippen LogP contribution in [0.4, 0.5) is 14.9 Å². The predicted octanol–water partition coefficient (Wildman–Crippen LogP) is 4.44. The number of anilines is 1. The molecule has 2 unspecified atom stereocenters. The molecule has 14 heteroatoms. The first kappa shape index (κ1) is 31.6. The van der Waals surface area contributed by atoms with Crippen LogP contribution in [0.3, 0.4) is 0 Å². The van der Waals surface area contributed by atoms with Crippen LogP contribution in [-0.2, 0) is 19.7 Å². The number of ether oxygens (including phenoxy) is 1. The summed E-state index contributed by atoms with van der Waals surface area (Å²) in [5, 5.41) is 15.5. The summed E-state index contributed by atoms with van der Waals surface area (Å²) in [7, 11) is 1.29. The largest absolute Gasteiger partial charge is 0.481 e. The third kappa shape index (κ3) is 5.85. The summed E-state index contributed by atoms with van der Waals surface area (Å²) in [6, 6.07) is 9.97. The molecule has 0 saturated carbocycles. The van der Waals surface area contributed by atoms with Crippen LogP contribution in [0.2, 0.25) is 5.02 Å². The number of aromatic nitrogens is 1. The van der Waals surface area contributed by atoms with Gasteiger partial charge in [-0.1, -0.05) is 29.8 Å². The highest BCUT2D eigenvalue weighted by molar-refractivity contribution is 7.11. The van der Waals surface area contributed by atoms with Crippen molar-refractivity contribution in [1.82, 2.24) is 20.1 Å². The predicted molar refractivity (Wildman–Crippen MR) is 172 cm³/mol. The maximum absolute atomic E-state index is 14.0. The number of aliphatic imine (C=N–C) groups is 1. The molecule has 0 aliphatic carbocycles. The van der Waals surface area contributed by atoms with Crippen LogP contribution in [0.5, 0.6) is 0 Å². The molecule has 2 amide bonds. The van der Waals surface area contributed by atoms with Gasteiger partial charge >= 0.3 is 18.0 Å². The smallest absolute Gasteiger partial charge is 0.338 e. The summed E-state index contributed by atoms with van der Waals surface area (Å²) in [5.74, 6) is -1.57. The molecule has 0 radical (unpaired) electrons. The molecular formula is C32H32ClFN6O5S. The summed E-state index contributed by atoms with van der Waals surface area (Å²) >= 11 is 7.86. The lowest BCUT2D eigenvalue weighted by molar-refractivity contribution is -0.142. The zero-order valence-corrected chi connectivity index (χ0v) is 26.9. The number of hydrogen-bond donors (Lipinski definition) is 2. The highest BCUT2D eigenvalue weighted by atomic mass is 35.5. The molecule has 3 aliphatic heterocycles. The Morgan fingerprint density at radius 2 is 1.93 bits per heavy atom. The van der Waals surface area contributed by atoms with Crippen molar-refractivity contribution >= 4 is 52.4 Å². The number of thiazole rings is 1. The fraction of sp³-hybridized carbons (Fsp3) is 0.344. The average Bonchev–Trinajstić information content (AvgIpc) is 3.69. The molecule has 11 nitrogen and oxygen atoms in total. The summed E-state index contributed by atoms with van der Waals surface area (Å²) in [6.07, 6.45) is 1.66. The van der Waals surface area contributed by atoms with Crippen molar-refractivity contribution in [1.29, 1.82) is 0 Å². The Bertz CT molecular complexity index is 1750. The number of nitrogens with one attached hydrogen (secondary N) is 1. The number of amides is 2. The minimum Gasteiger partial charge on any atom is -0.481 e. The Kier molecular flexibility index (Phi) is 8.57. The second-order valence-corrected chi connectivity index (χ2v) is 13.1. The van der Waals surface area contributed by atoms with Gasteiger partial charge in [0.25, 0.3) is 0 Å². The number of benzene rings is 2. The van der Waals surface area contributed by atoms with Gasteiger partial charge in [-0.25, -0.2) is 19.0 Å². The summed E-state index contributed by atoms with van der Waals surface area (Å²) in [4.78, 5) is 53.3. The number of esters is 1. The van der Waals surface area contributed by atoms with Crippen molar-refractivity contribution < 1.29 is 28.6 Å². The zero-order chi connectivity index (χ0) is 32.7. The Morgan fingerprint density at radius 1 is 1.17 bits per heavy atom. The molecule has 3 aromatic rings. The number of carbonyl (C=O) groups is 3. The molecule has 240 valence electrons. The van der Waals surface area contributed by atoms with E-state index in [2.05, 4.69) is 15.2 Å². The van der Waals surface area contributed by atoms with Gasteiger partial charge in [-0.3, -0.25) is 19.6 Å². The van der Waals surface area contributed by atoms with Gasteiger partial charge in [-0.05, 0) is 43.7 Å². The van der Waals surface area contributed by atoms with Crippen molar-refractivity contribution in [3.63, 3.8) is 0 Å². The second-order valence-electron chi connectivity index (χ2n) is 11.8. The van der Waals surface area contributed by atoms with E-state index in [1.165, 1.54) is 36.6 Å². The maximum Gasteiger partial charge on any atom is 0.338 e. The number of amidine groups is 1. The fourth-order valence-electron chi connectivity index (χ4n) is 6.00. The van der Waals surface area contributed by atoms with Gasteiger partial charge in [0.2, 0.25) is 0 Å². The first-order valence-corrected chi connectivity index (χ1v) is 15.9. The number of methoxy groups -OCH3 is 1. The third-order valence-corrected chi connectivity index (χ3v) is 9.78. The van der Waals surface area contributed by atoms with Gasteiger partial charge in [0.15, 0.2) is 10.8 Å². The molecule has 46 heavy (non-hydrogen) atoms. The van der Waals surface area contributed by atoms with Crippen LogP contribution < -0.4 is 10.2 Å². The number of piperazine rings is 1. The zero-order valence-electron chi connectivity index (χ0n) is 25.4. The van der Waals surface area contributed by atoms with E-state index in [1.807, 2.05) is 10.3 Å². The number of halogens is 2. The molecule has 2 atom stereocenters. The van der Waals surface area contributed by atoms with E-state index in [9.17, 15) is 23.9 Å². The Balaban J connectivity index is 1.26. The lowest BCUT2D eigenvalue weighted by atomic mass is 9.85. The van der Waals surface area contributed by atoms with Crippen LogP contribution in [-0.4, -0.2) is 89.6 Å². The molecule has 4 heterocycles. The Labute approximate surface area is 273 Å². The van der Waals surface area contributed by atoms with E-state index in [4.69, 9.17) is 21.3 Å². The van der Waals surface area contributed by atoms with Crippen molar-refractivity contribution in [2.24, 2.45) is 4.99 Å². The normalized spacial score (nSPS) is 20.4. The fourth-order valence-corrected chi connectivity index (χ4v) is 6.86. The number of nitrogens with zero attached hydrogens (tertiary/aromatic N) is 5. The lowest BCUT2D eigenvalue weighted by Gasteiger charge is -2.38. The molecule has 0 spiro atoms. The van der Waals surface area contributed by atoms with Crippen molar-refractivity contribution in [3.8, 4) is 0 Å². The number of aliphatic carboxylic acids is 1. The van der Waals surface area contributed by atoms with Gasteiger partial charge in [0.1, 0.15) is 11.9 Å². The topological polar surface area (TPSA) is 128 Å². The minimum atomic E-state index is -1.05. The number of hydrogen-bond acceptors (Lipinski definition) is 9. The first-order chi connectivity index (χ1) is 22.0. The monoisotopic (exact) mass is 666 g/mol. The van der Waals surface area contributed by atoms with Crippen molar-refractivity contribution in [2.45, 2.75) is 31.3 Å². The molecule has 1 aromatic heterocycles. The van der Waals surface area contributed by atoms with Gasteiger partial charge in [0.05, 0.1) is 24.1 Å². The van der Waals surface area contributed by atoms with Crippen molar-refractivity contribution in [2.75, 3.05) is 44.7 Å². The summed E-state index contributed by atoms with van der Waals surface area (Å²) in [6.45, 7) is 5.63. The highest BCUT2D eigenvalue weighted by Crippen LogP contribution is 2.37. The molecular weight excluding hydrogens is 635 g/mol. The molecule has 3 aliphatic rings. The average molecular weight is 667 g/mol. The van der Waals surface area contributed by atoms with Gasteiger partial charge in [-0.2, -0.15) is 0 Å². The first-order valence-electron chi connectivity index (χ1n) is 14.6. The second kappa shape index (κ2) is 12.5. The van der Waals surface area contributed by atoms with E-state index in [1.54, 1.807) is 49.2 Å². The summed E-state index contributed by atoms with van der Waals surface area (Å²) in [5.41, 5.74) is 1.56. The van der Waals surface area contributed by atoms with Gasteiger partial charge in [0, 0.05) is 66.3 Å². The maximum atomic E-state index is 14.0. The number of carbonyl (C=O) groups excluding carboxylic acids is 2. The molecule has 6 rings (SSSR count). The number of carboxylic acid groups (broad SMARTS) is 1. The van der Waals surface area contributed by atoms with Crippen LogP contribution in [0.1, 0.15) is 36.0 Å². The Morgan fingerprint density at radius 3 is 2.59 bits per heavy atom. The molecule has 2 aromatic carbocycles. The van der Waals surface area contributed by atoms with Crippen LogP contribution in [0.15, 0.2) is 70.3 Å². The number of urea groups is 1. The third-order valence-electron chi connectivity index (χ3n) is 8.68. The van der Waals surface area contributed by atoms with Gasteiger partial charge in [-0.15, -0.1) is 11.3 Å². The highest BCUT2D eigenvalue weighted by Gasteiger charge is 2.42. The molecule has 2 N–H and O–H groups in total. The van der Waals surface area contributed by atoms with Crippen LogP contribution in [0, 0.1) is 5.82 Å². The Hall–Kier alpha value is -4.33. The van der Waals surface area contributed by atoms with Crippen LogP contribution >= 0.6 is 22.9 Å². The number of rotatable bonds is 8. The van der Waals surface area contributed by atoms with E-state index in [-0.39, 0.29) is 22.7 Å².